The SMILES string of the molecule is CN1CCN(c2cc(C(=O)Nc3cc4nc(-c5cncc(NC(C)(C)C)n5)ccc4cn3)ccn2)CC1. The summed E-state index contributed by atoms with van der Waals surface area (Å²) in [5.74, 6) is 1.67. The first-order chi connectivity index (χ1) is 17.7. The van der Waals surface area contributed by atoms with E-state index in [1.807, 2.05) is 18.2 Å². The Labute approximate surface area is 216 Å². The van der Waals surface area contributed by atoms with Crippen molar-refractivity contribution in [2.75, 3.05) is 48.8 Å². The Bertz CT molecular complexity index is 1430. The molecule has 1 aliphatic heterocycles. The number of aromatic nitrogens is 5. The fourth-order valence-corrected chi connectivity index (χ4v) is 4.12. The molecule has 0 bridgehead atoms. The van der Waals surface area contributed by atoms with E-state index in [4.69, 9.17) is 4.98 Å². The van der Waals surface area contributed by atoms with E-state index >= 15 is 0 Å². The molecule has 4 aromatic heterocycles. The predicted molar refractivity (Wildman–Crippen MR) is 146 cm³/mol. The smallest absolute Gasteiger partial charge is 0.257 e. The van der Waals surface area contributed by atoms with Crippen LogP contribution in [-0.4, -0.2) is 74.5 Å². The van der Waals surface area contributed by atoms with E-state index < -0.39 is 0 Å². The van der Waals surface area contributed by atoms with Gasteiger partial charge in [-0.05, 0) is 52.1 Å². The fraction of sp³-hybridized carbons (Fsp3) is 0.333. The van der Waals surface area contributed by atoms with Crippen molar-refractivity contribution in [3.05, 3.63) is 60.7 Å². The van der Waals surface area contributed by atoms with Gasteiger partial charge in [-0.15, -0.1) is 0 Å². The van der Waals surface area contributed by atoms with Crippen molar-refractivity contribution < 1.29 is 4.79 Å². The largest absolute Gasteiger partial charge is 0.364 e. The zero-order chi connectivity index (χ0) is 26.0. The van der Waals surface area contributed by atoms with Gasteiger partial charge in [-0.2, -0.15) is 0 Å². The summed E-state index contributed by atoms with van der Waals surface area (Å²) in [7, 11) is 2.11. The van der Waals surface area contributed by atoms with E-state index in [1.54, 1.807) is 36.9 Å². The molecule has 10 heteroatoms. The van der Waals surface area contributed by atoms with Crippen molar-refractivity contribution in [3.8, 4) is 11.4 Å². The first-order valence-corrected chi connectivity index (χ1v) is 12.3. The molecule has 5 rings (SSSR count). The van der Waals surface area contributed by atoms with Crippen molar-refractivity contribution in [2.45, 2.75) is 26.3 Å². The van der Waals surface area contributed by atoms with Crippen molar-refractivity contribution in [1.82, 2.24) is 29.8 Å². The highest BCUT2D eigenvalue weighted by atomic mass is 16.1. The molecule has 0 radical (unpaired) electrons. The number of rotatable bonds is 5. The molecule has 37 heavy (non-hydrogen) atoms. The van der Waals surface area contributed by atoms with Crippen molar-refractivity contribution >= 4 is 34.3 Å². The molecule has 5 heterocycles. The van der Waals surface area contributed by atoms with Crippen LogP contribution in [0.3, 0.4) is 0 Å². The fourth-order valence-electron chi connectivity index (χ4n) is 4.12. The number of carbonyl (C=O) groups excluding carboxylic acids is 1. The quantitative estimate of drug-likeness (QED) is 0.426. The number of anilines is 3. The standard InChI is InChI=1S/C27H31N9O/c1-27(2,3)34-24-17-28-16-22(32-24)20-6-5-19-15-30-23(14-21(19)31-20)33-26(37)18-7-8-29-25(13-18)36-11-9-35(4)10-12-36/h5-8,13-17H,9-12H2,1-4H3,(H,32,34)(H,30,33,37). The van der Waals surface area contributed by atoms with Crippen LogP contribution in [-0.2, 0) is 0 Å². The van der Waals surface area contributed by atoms with Crippen LogP contribution >= 0.6 is 0 Å². The van der Waals surface area contributed by atoms with Crippen LogP contribution in [0.15, 0.2) is 55.1 Å². The number of hydrogen-bond donors (Lipinski definition) is 2. The summed E-state index contributed by atoms with van der Waals surface area (Å²) in [5.41, 5.74) is 2.44. The minimum absolute atomic E-state index is 0.136. The molecular formula is C27H31N9O. The third kappa shape index (κ3) is 5.97. The maximum atomic E-state index is 13.0. The molecule has 0 unspecified atom stereocenters. The van der Waals surface area contributed by atoms with Gasteiger partial charge >= 0.3 is 0 Å². The first kappa shape index (κ1) is 24.5. The van der Waals surface area contributed by atoms with Crippen LogP contribution in [0, 0.1) is 0 Å². The van der Waals surface area contributed by atoms with E-state index in [2.05, 4.69) is 68.2 Å². The molecule has 2 N–H and O–H groups in total. The second-order valence-corrected chi connectivity index (χ2v) is 10.3. The Morgan fingerprint density at radius 1 is 0.892 bits per heavy atom. The summed E-state index contributed by atoms with van der Waals surface area (Å²) >= 11 is 0. The van der Waals surface area contributed by atoms with E-state index in [1.165, 1.54) is 0 Å². The predicted octanol–water partition coefficient (Wildman–Crippen LogP) is 3.70. The average molecular weight is 498 g/mol. The number of hydrogen-bond acceptors (Lipinski definition) is 9. The average Bonchev–Trinajstić information content (AvgIpc) is 2.88. The van der Waals surface area contributed by atoms with Crippen LogP contribution in [0.1, 0.15) is 31.1 Å². The number of likely N-dealkylation sites (N-methyl/N-ethyl adjacent to an activating group) is 1. The van der Waals surface area contributed by atoms with Crippen LogP contribution in [0.5, 0.6) is 0 Å². The van der Waals surface area contributed by atoms with Crippen LogP contribution < -0.4 is 15.5 Å². The Morgan fingerprint density at radius 2 is 1.70 bits per heavy atom. The summed E-state index contributed by atoms with van der Waals surface area (Å²) in [5, 5.41) is 7.09. The molecule has 1 amide bonds. The van der Waals surface area contributed by atoms with E-state index in [0.717, 1.165) is 37.4 Å². The Balaban J connectivity index is 1.35. The monoisotopic (exact) mass is 497 g/mol. The van der Waals surface area contributed by atoms with Crippen LogP contribution in [0.2, 0.25) is 0 Å². The molecule has 0 aliphatic carbocycles. The molecule has 0 saturated carbocycles. The van der Waals surface area contributed by atoms with Gasteiger partial charge in [0.25, 0.3) is 5.91 Å². The number of nitrogens with zero attached hydrogens (tertiary/aromatic N) is 7. The second kappa shape index (κ2) is 10.1. The van der Waals surface area contributed by atoms with Gasteiger partial charge in [-0.3, -0.25) is 9.78 Å². The molecular weight excluding hydrogens is 466 g/mol. The molecule has 190 valence electrons. The highest BCUT2D eigenvalue weighted by Gasteiger charge is 2.17. The van der Waals surface area contributed by atoms with Gasteiger partial charge in [0.1, 0.15) is 23.1 Å². The van der Waals surface area contributed by atoms with E-state index in [9.17, 15) is 4.79 Å². The zero-order valence-electron chi connectivity index (χ0n) is 21.6. The molecule has 1 saturated heterocycles. The van der Waals surface area contributed by atoms with Gasteiger partial charge in [-0.1, -0.05) is 0 Å². The summed E-state index contributed by atoms with van der Waals surface area (Å²) < 4.78 is 0. The number of amides is 1. The van der Waals surface area contributed by atoms with Gasteiger partial charge in [0.2, 0.25) is 0 Å². The van der Waals surface area contributed by atoms with Crippen LogP contribution in [0.4, 0.5) is 17.5 Å². The maximum Gasteiger partial charge on any atom is 0.257 e. The van der Waals surface area contributed by atoms with Gasteiger partial charge in [0, 0.05) is 61.1 Å². The van der Waals surface area contributed by atoms with Crippen molar-refractivity contribution in [2.24, 2.45) is 0 Å². The third-order valence-corrected chi connectivity index (χ3v) is 6.05. The minimum atomic E-state index is -0.243. The lowest BCUT2D eigenvalue weighted by molar-refractivity contribution is 0.102. The molecule has 1 fully saturated rings. The lowest BCUT2D eigenvalue weighted by atomic mass is 10.1. The number of pyridine rings is 3. The third-order valence-electron chi connectivity index (χ3n) is 6.05. The lowest BCUT2D eigenvalue weighted by Crippen LogP contribution is -2.44. The Hall–Kier alpha value is -4.18. The second-order valence-electron chi connectivity index (χ2n) is 10.3. The number of nitrogens with one attached hydrogen (secondary N) is 2. The Kier molecular flexibility index (Phi) is 6.66. The highest BCUT2D eigenvalue weighted by molar-refractivity contribution is 6.04. The van der Waals surface area contributed by atoms with Gasteiger partial charge in [0.05, 0.1) is 23.6 Å². The van der Waals surface area contributed by atoms with Crippen molar-refractivity contribution in [3.63, 3.8) is 0 Å². The zero-order valence-corrected chi connectivity index (χ0v) is 21.6. The van der Waals surface area contributed by atoms with Gasteiger partial charge in [0.15, 0.2) is 0 Å². The van der Waals surface area contributed by atoms with Gasteiger partial charge in [-0.25, -0.2) is 19.9 Å². The summed E-state index contributed by atoms with van der Waals surface area (Å²) in [6.07, 6.45) is 6.76. The normalized spacial score (nSPS) is 14.5. The first-order valence-electron chi connectivity index (χ1n) is 12.3. The molecule has 10 nitrogen and oxygen atoms in total. The Morgan fingerprint density at radius 3 is 2.49 bits per heavy atom. The molecule has 0 atom stereocenters. The van der Waals surface area contributed by atoms with E-state index in [-0.39, 0.29) is 11.4 Å². The molecule has 4 aromatic rings. The van der Waals surface area contributed by atoms with Crippen molar-refractivity contribution in [1.29, 1.82) is 0 Å². The van der Waals surface area contributed by atoms with Crippen LogP contribution in [0.25, 0.3) is 22.3 Å². The molecule has 0 spiro atoms. The number of fused-ring (bicyclic) bond motifs is 1. The number of carbonyl (C=O) groups is 1. The molecule has 0 aromatic carbocycles. The maximum absolute atomic E-state index is 13.0. The topological polar surface area (TPSA) is 112 Å². The summed E-state index contributed by atoms with van der Waals surface area (Å²) in [4.78, 5) is 40.1. The molecule has 1 aliphatic rings. The van der Waals surface area contributed by atoms with Gasteiger partial charge < -0.3 is 20.4 Å². The van der Waals surface area contributed by atoms with E-state index in [0.29, 0.717) is 34.1 Å². The lowest BCUT2D eigenvalue weighted by Gasteiger charge is -2.33. The minimum Gasteiger partial charge on any atom is -0.364 e. The summed E-state index contributed by atoms with van der Waals surface area (Å²) in [6.45, 7) is 9.91. The summed E-state index contributed by atoms with van der Waals surface area (Å²) in [6, 6.07) is 9.14. The highest BCUT2D eigenvalue weighted by Crippen LogP contribution is 2.23. The number of piperazine rings is 1.